The van der Waals surface area contributed by atoms with E-state index in [4.69, 9.17) is 0 Å². The molecule has 0 aromatic carbocycles. The average Bonchev–Trinajstić information content (AvgIpc) is 3.00. The van der Waals surface area contributed by atoms with Gasteiger partial charge in [0, 0.05) is 24.9 Å². The van der Waals surface area contributed by atoms with Crippen molar-refractivity contribution < 1.29 is 4.79 Å². The van der Waals surface area contributed by atoms with Crippen LogP contribution in [0.25, 0.3) is 11.5 Å². The second kappa shape index (κ2) is 6.48. The molecule has 0 radical (unpaired) electrons. The number of imidazole rings is 1. The summed E-state index contributed by atoms with van der Waals surface area (Å²) in [5.74, 6) is 1.65. The number of hydrogen-bond acceptors (Lipinski definition) is 4. The summed E-state index contributed by atoms with van der Waals surface area (Å²) in [5, 5.41) is 0. The molecule has 1 saturated heterocycles. The number of piperidine rings is 1. The van der Waals surface area contributed by atoms with Crippen LogP contribution in [-0.2, 0) is 4.79 Å². The Bertz CT molecular complexity index is 709. The number of nitrogens with zero attached hydrogens (tertiary/aromatic N) is 4. The first-order valence-electron chi connectivity index (χ1n) is 8.25. The first-order chi connectivity index (χ1) is 11.1. The van der Waals surface area contributed by atoms with Crippen LogP contribution in [0.1, 0.15) is 55.9 Å². The summed E-state index contributed by atoms with van der Waals surface area (Å²) in [6.45, 7) is 6.58. The van der Waals surface area contributed by atoms with Crippen molar-refractivity contribution in [1.82, 2.24) is 24.8 Å². The number of hydrogen-bond donors (Lipinski definition) is 1. The Morgan fingerprint density at radius 2 is 2.17 bits per heavy atom. The molecule has 0 bridgehead atoms. The van der Waals surface area contributed by atoms with Crippen molar-refractivity contribution in [2.24, 2.45) is 0 Å². The van der Waals surface area contributed by atoms with Crippen LogP contribution in [0.4, 0.5) is 0 Å². The van der Waals surface area contributed by atoms with Crippen molar-refractivity contribution in [3.63, 3.8) is 0 Å². The van der Waals surface area contributed by atoms with Crippen molar-refractivity contribution in [3.8, 4) is 11.5 Å². The molecule has 1 N–H and O–H groups in total. The van der Waals surface area contributed by atoms with E-state index in [-0.39, 0.29) is 11.9 Å². The van der Waals surface area contributed by atoms with E-state index in [1.54, 1.807) is 6.20 Å². The summed E-state index contributed by atoms with van der Waals surface area (Å²) in [4.78, 5) is 30.9. The van der Waals surface area contributed by atoms with Crippen molar-refractivity contribution >= 4 is 5.91 Å². The first kappa shape index (κ1) is 15.6. The smallest absolute Gasteiger partial charge is 0.222 e. The molecule has 0 spiro atoms. The molecule has 2 aromatic heterocycles. The van der Waals surface area contributed by atoms with E-state index in [1.165, 1.54) is 0 Å². The predicted molar refractivity (Wildman–Crippen MR) is 87.7 cm³/mol. The molecule has 1 atom stereocenters. The number of carbonyl (C=O) groups excluding carboxylic acids is 1. The third-order valence-electron chi connectivity index (χ3n) is 4.27. The Morgan fingerprint density at radius 1 is 1.35 bits per heavy atom. The van der Waals surface area contributed by atoms with Crippen LogP contribution in [0.3, 0.4) is 0 Å². The molecule has 1 aliphatic heterocycles. The largest absolute Gasteiger partial charge is 0.341 e. The van der Waals surface area contributed by atoms with Crippen LogP contribution in [0.15, 0.2) is 12.3 Å². The minimum Gasteiger partial charge on any atom is -0.341 e. The van der Waals surface area contributed by atoms with Gasteiger partial charge in [0.15, 0.2) is 5.82 Å². The lowest BCUT2D eigenvalue weighted by Gasteiger charge is -2.35. The molecule has 6 heteroatoms. The number of nitrogens with one attached hydrogen (secondary N) is 1. The monoisotopic (exact) mass is 313 g/mol. The number of H-pyrrole nitrogens is 1. The third kappa shape index (κ3) is 3.25. The number of rotatable bonds is 3. The van der Waals surface area contributed by atoms with Crippen LogP contribution in [0, 0.1) is 13.8 Å². The van der Waals surface area contributed by atoms with Crippen LogP contribution in [-0.4, -0.2) is 37.3 Å². The summed E-state index contributed by atoms with van der Waals surface area (Å²) in [7, 11) is 0. The molecular formula is C17H23N5O. The molecule has 23 heavy (non-hydrogen) atoms. The lowest BCUT2D eigenvalue weighted by molar-refractivity contribution is -0.134. The van der Waals surface area contributed by atoms with Gasteiger partial charge in [-0.05, 0) is 39.2 Å². The van der Waals surface area contributed by atoms with E-state index in [0.717, 1.165) is 48.7 Å². The number of carbonyl (C=O) groups is 1. The standard InChI is InChI=1S/C17H23N5O/c1-4-16(23)22-8-6-5-7-15(22)13-9-14(21-12(3)20-13)17-18-10-11(2)19-17/h9-10,15H,4-8H2,1-3H3,(H,18,19)/t15-/m0/s1. The van der Waals surface area contributed by atoms with Gasteiger partial charge in [0.1, 0.15) is 11.5 Å². The van der Waals surface area contributed by atoms with E-state index in [2.05, 4.69) is 19.9 Å². The maximum absolute atomic E-state index is 12.3. The topological polar surface area (TPSA) is 74.8 Å². The highest BCUT2D eigenvalue weighted by Crippen LogP contribution is 2.31. The quantitative estimate of drug-likeness (QED) is 0.945. The zero-order chi connectivity index (χ0) is 16.4. The van der Waals surface area contributed by atoms with Gasteiger partial charge >= 0.3 is 0 Å². The van der Waals surface area contributed by atoms with Crippen LogP contribution in [0.2, 0.25) is 0 Å². The second-order valence-corrected chi connectivity index (χ2v) is 6.09. The zero-order valence-corrected chi connectivity index (χ0v) is 14.0. The Morgan fingerprint density at radius 3 is 2.87 bits per heavy atom. The summed E-state index contributed by atoms with van der Waals surface area (Å²) in [6, 6.07) is 2.02. The van der Waals surface area contributed by atoms with E-state index < -0.39 is 0 Å². The van der Waals surface area contributed by atoms with E-state index in [0.29, 0.717) is 12.2 Å². The van der Waals surface area contributed by atoms with Gasteiger partial charge in [-0.15, -0.1) is 0 Å². The van der Waals surface area contributed by atoms with Gasteiger partial charge < -0.3 is 9.88 Å². The molecule has 0 unspecified atom stereocenters. The van der Waals surface area contributed by atoms with Crippen molar-refractivity contribution in [2.75, 3.05) is 6.54 Å². The minimum absolute atomic E-state index is 0.0488. The molecule has 1 amide bonds. The zero-order valence-electron chi connectivity index (χ0n) is 14.0. The van der Waals surface area contributed by atoms with Crippen LogP contribution in [0.5, 0.6) is 0 Å². The maximum atomic E-state index is 12.3. The number of amides is 1. The minimum atomic E-state index is 0.0488. The molecule has 3 heterocycles. The fourth-order valence-corrected chi connectivity index (χ4v) is 3.17. The Kier molecular flexibility index (Phi) is 4.41. The van der Waals surface area contributed by atoms with Gasteiger partial charge in [0.25, 0.3) is 0 Å². The lowest BCUT2D eigenvalue weighted by atomic mass is 9.98. The number of aromatic amines is 1. The molecule has 3 rings (SSSR count). The molecule has 1 aliphatic rings. The molecule has 122 valence electrons. The van der Waals surface area contributed by atoms with E-state index in [9.17, 15) is 4.79 Å². The van der Waals surface area contributed by atoms with Gasteiger partial charge in [-0.3, -0.25) is 4.79 Å². The summed E-state index contributed by atoms with van der Waals surface area (Å²) < 4.78 is 0. The molecule has 1 fully saturated rings. The lowest BCUT2D eigenvalue weighted by Crippen LogP contribution is -2.38. The molecule has 0 aliphatic carbocycles. The van der Waals surface area contributed by atoms with Gasteiger partial charge in [0.2, 0.25) is 5.91 Å². The Labute approximate surface area is 136 Å². The normalized spacial score (nSPS) is 18.2. The number of aryl methyl sites for hydroxylation is 2. The van der Waals surface area contributed by atoms with Crippen molar-refractivity contribution in [3.05, 3.63) is 29.5 Å². The van der Waals surface area contributed by atoms with E-state index >= 15 is 0 Å². The first-order valence-corrected chi connectivity index (χ1v) is 8.25. The third-order valence-corrected chi connectivity index (χ3v) is 4.27. The summed E-state index contributed by atoms with van der Waals surface area (Å²) >= 11 is 0. The fourth-order valence-electron chi connectivity index (χ4n) is 3.17. The highest BCUT2D eigenvalue weighted by molar-refractivity contribution is 5.76. The highest BCUT2D eigenvalue weighted by Gasteiger charge is 2.28. The molecule has 6 nitrogen and oxygen atoms in total. The Balaban J connectivity index is 1.98. The van der Waals surface area contributed by atoms with Gasteiger partial charge in [-0.25, -0.2) is 15.0 Å². The molecule has 2 aromatic rings. The summed E-state index contributed by atoms with van der Waals surface area (Å²) in [5.41, 5.74) is 2.70. The fraction of sp³-hybridized carbons (Fsp3) is 0.529. The number of likely N-dealkylation sites (tertiary alicyclic amines) is 1. The SMILES string of the molecule is CCC(=O)N1CCCC[C@H]1c1cc(-c2ncc(C)[nH]2)nc(C)n1. The van der Waals surface area contributed by atoms with Crippen LogP contribution < -0.4 is 0 Å². The predicted octanol–water partition coefficient (Wildman–Crippen LogP) is 2.95. The second-order valence-electron chi connectivity index (χ2n) is 6.09. The Hall–Kier alpha value is -2.24. The molecule has 0 saturated carbocycles. The average molecular weight is 313 g/mol. The van der Waals surface area contributed by atoms with Crippen LogP contribution >= 0.6 is 0 Å². The van der Waals surface area contributed by atoms with Crippen molar-refractivity contribution in [1.29, 1.82) is 0 Å². The van der Waals surface area contributed by atoms with Crippen molar-refractivity contribution in [2.45, 2.75) is 52.5 Å². The van der Waals surface area contributed by atoms with Gasteiger partial charge in [-0.1, -0.05) is 6.92 Å². The summed E-state index contributed by atoms with van der Waals surface area (Å²) in [6.07, 6.45) is 5.47. The molecular weight excluding hydrogens is 290 g/mol. The number of aromatic nitrogens is 4. The van der Waals surface area contributed by atoms with Gasteiger partial charge in [-0.2, -0.15) is 0 Å². The maximum Gasteiger partial charge on any atom is 0.222 e. The van der Waals surface area contributed by atoms with E-state index in [1.807, 2.05) is 31.7 Å². The highest BCUT2D eigenvalue weighted by atomic mass is 16.2. The van der Waals surface area contributed by atoms with Gasteiger partial charge in [0.05, 0.1) is 11.7 Å².